The van der Waals surface area contributed by atoms with Crippen molar-refractivity contribution in [3.63, 3.8) is 0 Å². The SMILES string of the molecule is CC1CCCN(C(=O)CN2CCC3(CCC2=O)CNC(=O)c2ccccc2O3)C1. The van der Waals surface area contributed by atoms with Gasteiger partial charge in [0.2, 0.25) is 11.8 Å². The van der Waals surface area contributed by atoms with Crippen LogP contribution in [-0.4, -0.2) is 65.8 Å². The molecule has 1 spiro atoms. The molecule has 0 radical (unpaired) electrons. The molecule has 3 aliphatic rings. The Hall–Kier alpha value is -2.57. The van der Waals surface area contributed by atoms with E-state index in [0.29, 0.717) is 49.6 Å². The molecule has 2 unspecified atom stereocenters. The molecule has 7 heteroatoms. The zero-order valence-corrected chi connectivity index (χ0v) is 17.0. The Morgan fingerprint density at radius 1 is 1.24 bits per heavy atom. The van der Waals surface area contributed by atoms with Crippen LogP contribution in [0.1, 0.15) is 49.4 Å². The molecule has 2 saturated heterocycles. The Kier molecular flexibility index (Phi) is 5.48. The fourth-order valence-electron chi connectivity index (χ4n) is 4.56. The van der Waals surface area contributed by atoms with Gasteiger partial charge in [-0.25, -0.2) is 0 Å². The second kappa shape index (κ2) is 8.05. The molecule has 4 rings (SSSR count). The highest BCUT2D eigenvalue weighted by Crippen LogP contribution is 2.33. The van der Waals surface area contributed by atoms with Crippen LogP contribution in [0.3, 0.4) is 0 Å². The molecule has 0 bridgehead atoms. The van der Waals surface area contributed by atoms with Crippen LogP contribution < -0.4 is 10.1 Å². The van der Waals surface area contributed by atoms with E-state index >= 15 is 0 Å². The van der Waals surface area contributed by atoms with Gasteiger partial charge in [-0.05, 0) is 37.3 Å². The van der Waals surface area contributed by atoms with E-state index in [1.807, 2.05) is 17.0 Å². The van der Waals surface area contributed by atoms with Gasteiger partial charge >= 0.3 is 0 Å². The highest BCUT2D eigenvalue weighted by Gasteiger charge is 2.40. The zero-order chi connectivity index (χ0) is 20.4. The predicted molar refractivity (Wildman–Crippen MR) is 108 cm³/mol. The summed E-state index contributed by atoms with van der Waals surface area (Å²) < 4.78 is 6.31. The average Bonchev–Trinajstić information content (AvgIpc) is 2.96. The first-order chi connectivity index (χ1) is 14.0. The number of ether oxygens (including phenoxy) is 1. The van der Waals surface area contributed by atoms with Crippen molar-refractivity contribution in [1.82, 2.24) is 15.1 Å². The van der Waals surface area contributed by atoms with E-state index in [1.54, 1.807) is 17.0 Å². The van der Waals surface area contributed by atoms with Gasteiger partial charge in [0.05, 0.1) is 18.7 Å². The molecule has 2 fully saturated rings. The van der Waals surface area contributed by atoms with Crippen molar-refractivity contribution in [1.29, 1.82) is 0 Å². The number of likely N-dealkylation sites (tertiary alicyclic amines) is 2. The van der Waals surface area contributed by atoms with Crippen molar-refractivity contribution in [2.75, 3.05) is 32.7 Å². The molecule has 1 aromatic carbocycles. The maximum Gasteiger partial charge on any atom is 0.255 e. The molecular weight excluding hydrogens is 370 g/mol. The molecule has 1 N–H and O–H groups in total. The highest BCUT2D eigenvalue weighted by molar-refractivity contribution is 5.97. The molecule has 156 valence electrons. The summed E-state index contributed by atoms with van der Waals surface area (Å²) in [5.74, 6) is 0.925. The number of rotatable bonds is 2. The third kappa shape index (κ3) is 4.23. The minimum absolute atomic E-state index is 0.0206. The third-order valence-corrected chi connectivity index (χ3v) is 6.35. The first kappa shape index (κ1) is 19.7. The van der Waals surface area contributed by atoms with Gasteiger partial charge in [0, 0.05) is 32.5 Å². The standard InChI is InChI=1S/C22H29N3O4/c1-16-5-4-11-24(13-16)20(27)14-25-12-10-22(9-8-19(25)26)15-23-21(28)17-6-2-3-7-18(17)29-22/h2-3,6-7,16H,4-5,8-15H2,1H3,(H,23,28). The number of hydrogen-bond donors (Lipinski definition) is 1. The van der Waals surface area contributed by atoms with E-state index in [2.05, 4.69) is 12.2 Å². The second-order valence-corrected chi connectivity index (χ2v) is 8.62. The van der Waals surface area contributed by atoms with Crippen molar-refractivity contribution in [2.24, 2.45) is 5.92 Å². The monoisotopic (exact) mass is 399 g/mol. The molecule has 2 atom stereocenters. The van der Waals surface area contributed by atoms with Gasteiger partial charge in [-0.3, -0.25) is 14.4 Å². The minimum Gasteiger partial charge on any atom is -0.485 e. The molecule has 0 saturated carbocycles. The topological polar surface area (TPSA) is 79.0 Å². The van der Waals surface area contributed by atoms with E-state index < -0.39 is 5.60 Å². The Bertz CT molecular complexity index is 811. The summed E-state index contributed by atoms with van der Waals surface area (Å²) in [7, 11) is 0. The summed E-state index contributed by atoms with van der Waals surface area (Å²) >= 11 is 0. The summed E-state index contributed by atoms with van der Waals surface area (Å²) in [4.78, 5) is 41.4. The Morgan fingerprint density at radius 2 is 2.07 bits per heavy atom. The largest absolute Gasteiger partial charge is 0.485 e. The number of piperidine rings is 1. The number of nitrogens with zero attached hydrogens (tertiary/aromatic N) is 2. The Morgan fingerprint density at radius 3 is 2.90 bits per heavy atom. The summed E-state index contributed by atoms with van der Waals surface area (Å²) in [6, 6.07) is 7.20. The van der Waals surface area contributed by atoms with Gasteiger partial charge in [0.1, 0.15) is 11.4 Å². The molecule has 7 nitrogen and oxygen atoms in total. The maximum atomic E-state index is 12.7. The normalized spacial score (nSPS) is 27.6. The van der Waals surface area contributed by atoms with Crippen LogP contribution in [0.4, 0.5) is 0 Å². The van der Waals surface area contributed by atoms with E-state index in [-0.39, 0.29) is 24.3 Å². The van der Waals surface area contributed by atoms with Crippen LogP contribution in [0.5, 0.6) is 5.75 Å². The van der Waals surface area contributed by atoms with Crippen molar-refractivity contribution >= 4 is 17.7 Å². The van der Waals surface area contributed by atoms with Crippen LogP contribution in [-0.2, 0) is 9.59 Å². The molecule has 1 aromatic rings. The number of amides is 3. The molecule has 29 heavy (non-hydrogen) atoms. The van der Waals surface area contributed by atoms with E-state index in [9.17, 15) is 14.4 Å². The van der Waals surface area contributed by atoms with E-state index in [0.717, 1.165) is 25.9 Å². The van der Waals surface area contributed by atoms with Gasteiger partial charge in [0.15, 0.2) is 0 Å². The number of hydrogen-bond acceptors (Lipinski definition) is 4. The van der Waals surface area contributed by atoms with Crippen molar-refractivity contribution in [3.05, 3.63) is 29.8 Å². The third-order valence-electron chi connectivity index (χ3n) is 6.35. The lowest BCUT2D eigenvalue weighted by Crippen LogP contribution is -2.47. The van der Waals surface area contributed by atoms with Crippen LogP contribution in [0.2, 0.25) is 0 Å². The smallest absolute Gasteiger partial charge is 0.255 e. The zero-order valence-electron chi connectivity index (χ0n) is 17.0. The lowest BCUT2D eigenvalue weighted by Gasteiger charge is -2.33. The maximum absolute atomic E-state index is 12.7. The molecule has 0 aliphatic carbocycles. The second-order valence-electron chi connectivity index (χ2n) is 8.62. The van der Waals surface area contributed by atoms with Gasteiger partial charge in [-0.1, -0.05) is 19.1 Å². The van der Waals surface area contributed by atoms with Gasteiger partial charge in [-0.2, -0.15) is 0 Å². The molecule has 3 heterocycles. The number of para-hydroxylation sites is 1. The van der Waals surface area contributed by atoms with E-state index in [1.165, 1.54) is 0 Å². The number of carbonyl (C=O) groups is 3. The fourth-order valence-corrected chi connectivity index (χ4v) is 4.56. The predicted octanol–water partition coefficient (Wildman–Crippen LogP) is 1.82. The summed E-state index contributed by atoms with van der Waals surface area (Å²) in [6.45, 7) is 4.66. The van der Waals surface area contributed by atoms with Crippen molar-refractivity contribution in [3.8, 4) is 5.75 Å². The summed E-state index contributed by atoms with van der Waals surface area (Å²) in [6.07, 6.45) is 3.58. The molecular formula is C22H29N3O4. The Balaban J connectivity index is 1.45. The molecule has 3 aliphatic heterocycles. The molecule has 0 aromatic heterocycles. The first-order valence-corrected chi connectivity index (χ1v) is 10.6. The van der Waals surface area contributed by atoms with Crippen LogP contribution in [0, 0.1) is 5.92 Å². The van der Waals surface area contributed by atoms with Crippen LogP contribution in [0.25, 0.3) is 0 Å². The van der Waals surface area contributed by atoms with Crippen molar-refractivity contribution < 1.29 is 19.1 Å². The Labute approximate surface area is 171 Å². The first-order valence-electron chi connectivity index (χ1n) is 10.6. The quantitative estimate of drug-likeness (QED) is 0.823. The van der Waals surface area contributed by atoms with Gasteiger partial charge in [-0.15, -0.1) is 0 Å². The number of nitrogens with one attached hydrogen (secondary N) is 1. The highest BCUT2D eigenvalue weighted by atomic mass is 16.5. The minimum atomic E-state index is -0.630. The van der Waals surface area contributed by atoms with Crippen molar-refractivity contribution in [2.45, 2.75) is 44.6 Å². The number of carbonyl (C=O) groups excluding carboxylic acids is 3. The summed E-state index contributed by atoms with van der Waals surface area (Å²) in [5, 5.41) is 2.95. The fraction of sp³-hybridized carbons (Fsp3) is 0.591. The average molecular weight is 399 g/mol. The number of benzene rings is 1. The van der Waals surface area contributed by atoms with Crippen LogP contribution >= 0.6 is 0 Å². The summed E-state index contributed by atoms with van der Waals surface area (Å²) in [5.41, 5.74) is -0.110. The van der Waals surface area contributed by atoms with Crippen LogP contribution in [0.15, 0.2) is 24.3 Å². The van der Waals surface area contributed by atoms with E-state index in [4.69, 9.17) is 4.74 Å². The lowest BCUT2D eigenvalue weighted by atomic mass is 9.94. The van der Waals surface area contributed by atoms with Gasteiger partial charge < -0.3 is 19.9 Å². The lowest BCUT2D eigenvalue weighted by molar-refractivity contribution is -0.141. The molecule has 3 amide bonds. The van der Waals surface area contributed by atoms with Gasteiger partial charge in [0.25, 0.3) is 5.91 Å². The number of fused-ring (bicyclic) bond motifs is 1.